The van der Waals surface area contributed by atoms with Crippen molar-refractivity contribution in [3.63, 3.8) is 0 Å². The SMILES string of the molecule is CCc1cccc(CC)c1NC(=O)COc1ccc2c(=O)c(Oc3cc(C)ccc3C)coc2c1. The molecule has 0 unspecified atom stereocenters. The second-order valence-electron chi connectivity index (χ2n) is 8.45. The van der Waals surface area contributed by atoms with Crippen molar-refractivity contribution in [2.75, 3.05) is 11.9 Å². The van der Waals surface area contributed by atoms with Crippen LogP contribution in [0.4, 0.5) is 5.69 Å². The highest BCUT2D eigenvalue weighted by molar-refractivity contribution is 5.93. The smallest absolute Gasteiger partial charge is 0.262 e. The van der Waals surface area contributed by atoms with E-state index >= 15 is 0 Å². The number of nitrogens with one attached hydrogen (secondary N) is 1. The summed E-state index contributed by atoms with van der Waals surface area (Å²) in [6.45, 7) is 7.83. The van der Waals surface area contributed by atoms with Gasteiger partial charge in [-0.2, -0.15) is 0 Å². The highest BCUT2D eigenvalue weighted by atomic mass is 16.5. The first kappa shape index (κ1) is 24.1. The van der Waals surface area contributed by atoms with E-state index in [4.69, 9.17) is 13.9 Å². The van der Waals surface area contributed by atoms with Crippen LogP contribution in [-0.4, -0.2) is 12.5 Å². The van der Waals surface area contributed by atoms with E-state index < -0.39 is 0 Å². The van der Waals surface area contributed by atoms with Crippen molar-refractivity contribution in [1.29, 1.82) is 0 Å². The standard InChI is InChI=1S/C29H29NO5/c1-5-20-8-7-9-21(6-2)28(20)30-27(31)17-33-22-12-13-23-25(15-22)34-16-26(29(23)32)35-24-14-18(3)10-11-19(24)4/h7-16H,5-6,17H2,1-4H3,(H,30,31). The van der Waals surface area contributed by atoms with Gasteiger partial charge in [-0.3, -0.25) is 9.59 Å². The summed E-state index contributed by atoms with van der Waals surface area (Å²) in [5.74, 6) is 0.900. The molecule has 0 aliphatic rings. The molecule has 35 heavy (non-hydrogen) atoms. The van der Waals surface area contributed by atoms with Crippen LogP contribution in [0, 0.1) is 13.8 Å². The third-order valence-corrected chi connectivity index (χ3v) is 5.91. The number of carbonyl (C=O) groups excluding carboxylic acids is 1. The van der Waals surface area contributed by atoms with E-state index in [-0.39, 0.29) is 23.7 Å². The summed E-state index contributed by atoms with van der Waals surface area (Å²) >= 11 is 0. The molecule has 4 aromatic rings. The number of rotatable bonds is 8. The minimum atomic E-state index is -0.278. The summed E-state index contributed by atoms with van der Waals surface area (Å²) in [6.07, 6.45) is 2.95. The molecule has 6 heteroatoms. The molecule has 0 radical (unpaired) electrons. The van der Waals surface area contributed by atoms with Crippen LogP contribution in [0.2, 0.25) is 0 Å². The van der Waals surface area contributed by atoms with Gasteiger partial charge in [-0.1, -0.05) is 44.2 Å². The molecule has 0 aliphatic carbocycles. The minimum Gasteiger partial charge on any atom is -0.484 e. The van der Waals surface area contributed by atoms with Gasteiger partial charge in [0.25, 0.3) is 5.91 Å². The molecule has 0 aliphatic heterocycles. The maximum absolute atomic E-state index is 12.9. The average molecular weight is 472 g/mol. The first-order valence-electron chi connectivity index (χ1n) is 11.7. The lowest BCUT2D eigenvalue weighted by atomic mass is 10.0. The van der Waals surface area contributed by atoms with Gasteiger partial charge in [-0.05, 0) is 67.1 Å². The van der Waals surface area contributed by atoms with Crippen molar-refractivity contribution >= 4 is 22.6 Å². The summed E-state index contributed by atoms with van der Waals surface area (Å²) in [5, 5.41) is 3.35. The Bertz CT molecular complexity index is 1410. The van der Waals surface area contributed by atoms with Crippen LogP contribution in [0.3, 0.4) is 0 Å². The van der Waals surface area contributed by atoms with Gasteiger partial charge in [-0.25, -0.2) is 0 Å². The van der Waals surface area contributed by atoms with Gasteiger partial charge in [-0.15, -0.1) is 0 Å². The molecule has 6 nitrogen and oxygen atoms in total. The molecule has 0 spiro atoms. The van der Waals surface area contributed by atoms with E-state index in [1.807, 2.05) is 50.2 Å². The van der Waals surface area contributed by atoms with Gasteiger partial charge in [0, 0.05) is 11.8 Å². The molecular formula is C29H29NO5. The summed E-state index contributed by atoms with van der Waals surface area (Å²) < 4.78 is 17.2. The third-order valence-electron chi connectivity index (χ3n) is 5.91. The zero-order chi connectivity index (χ0) is 24.9. The van der Waals surface area contributed by atoms with Crippen LogP contribution in [0.1, 0.15) is 36.1 Å². The number of carbonyl (C=O) groups is 1. The molecule has 1 heterocycles. The second-order valence-corrected chi connectivity index (χ2v) is 8.45. The maximum atomic E-state index is 12.9. The predicted molar refractivity (Wildman–Crippen MR) is 138 cm³/mol. The number of para-hydroxylation sites is 1. The Morgan fingerprint density at radius 2 is 1.69 bits per heavy atom. The molecule has 180 valence electrons. The van der Waals surface area contributed by atoms with Crippen LogP contribution in [0.25, 0.3) is 11.0 Å². The van der Waals surface area contributed by atoms with Crippen LogP contribution in [-0.2, 0) is 17.6 Å². The Balaban J connectivity index is 1.48. The average Bonchev–Trinajstić information content (AvgIpc) is 2.86. The van der Waals surface area contributed by atoms with Crippen molar-refractivity contribution in [3.05, 3.63) is 93.3 Å². The van der Waals surface area contributed by atoms with E-state index in [0.29, 0.717) is 22.5 Å². The minimum absolute atomic E-state index is 0.112. The van der Waals surface area contributed by atoms with Crippen molar-refractivity contribution in [2.45, 2.75) is 40.5 Å². The molecule has 1 N–H and O–H groups in total. The lowest BCUT2D eigenvalue weighted by molar-refractivity contribution is -0.118. The van der Waals surface area contributed by atoms with Gasteiger partial charge in [0.1, 0.15) is 23.3 Å². The summed E-state index contributed by atoms with van der Waals surface area (Å²) in [6, 6.07) is 16.7. The molecule has 0 atom stereocenters. The fourth-order valence-corrected chi connectivity index (χ4v) is 3.91. The summed E-state index contributed by atoms with van der Waals surface area (Å²) in [5.41, 5.74) is 5.06. The normalized spacial score (nSPS) is 10.9. The van der Waals surface area contributed by atoms with Crippen LogP contribution >= 0.6 is 0 Å². The van der Waals surface area contributed by atoms with E-state index in [9.17, 15) is 9.59 Å². The molecule has 0 saturated heterocycles. The molecule has 1 aromatic heterocycles. The van der Waals surface area contributed by atoms with E-state index in [1.54, 1.807) is 18.2 Å². The third kappa shape index (κ3) is 5.38. The van der Waals surface area contributed by atoms with Gasteiger partial charge < -0.3 is 19.2 Å². The van der Waals surface area contributed by atoms with Gasteiger partial charge in [0.15, 0.2) is 6.61 Å². The lowest BCUT2D eigenvalue weighted by Crippen LogP contribution is -2.21. The van der Waals surface area contributed by atoms with Crippen LogP contribution in [0.15, 0.2) is 70.1 Å². The number of ether oxygens (including phenoxy) is 2. The summed E-state index contributed by atoms with van der Waals surface area (Å²) in [4.78, 5) is 25.5. The fourth-order valence-electron chi connectivity index (χ4n) is 3.91. The molecular weight excluding hydrogens is 442 g/mol. The molecule has 1 amide bonds. The number of fused-ring (bicyclic) bond motifs is 1. The van der Waals surface area contributed by atoms with Gasteiger partial charge >= 0.3 is 0 Å². The predicted octanol–water partition coefficient (Wildman–Crippen LogP) is 6.34. The number of amides is 1. The Hall–Kier alpha value is -4.06. The van der Waals surface area contributed by atoms with Crippen LogP contribution < -0.4 is 20.2 Å². The van der Waals surface area contributed by atoms with Crippen molar-refractivity contribution in [3.8, 4) is 17.2 Å². The monoisotopic (exact) mass is 471 g/mol. The van der Waals surface area contributed by atoms with Crippen molar-refractivity contribution in [1.82, 2.24) is 0 Å². The second kappa shape index (κ2) is 10.5. The zero-order valence-electron chi connectivity index (χ0n) is 20.4. The first-order chi connectivity index (χ1) is 16.9. The molecule has 0 bridgehead atoms. The number of benzene rings is 3. The van der Waals surface area contributed by atoms with E-state index in [2.05, 4.69) is 19.2 Å². The number of aryl methyl sites for hydroxylation is 4. The lowest BCUT2D eigenvalue weighted by Gasteiger charge is -2.15. The number of hydrogen-bond donors (Lipinski definition) is 1. The Morgan fingerprint density at radius 3 is 2.40 bits per heavy atom. The molecule has 0 fully saturated rings. The Morgan fingerprint density at radius 1 is 0.943 bits per heavy atom. The van der Waals surface area contributed by atoms with Crippen LogP contribution in [0.5, 0.6) is 17.2 Å². The van der Waals surface area contributed by atoms with E-state index in [0.717, 1.165) is 40.8 Å². The Kier molecular flexibility index (Phi) is 7.20. The maximum Gasteiger partial charge on any atom is 0.262 e. The molecule has 4 rings (SSSR count). The van der Waals surface area contributed by atoms with Gasteiger partial charge in [0.2, 0.25) is 11.2 Å². The summed E-state index contributed by atoms with van der Waals surface area (Å²) in [7, 11) is 0. The quantitative estimate of drug-likeness (QED) is 0.324. The largest absolute Gasteiger partial charge is 0.484 e. The topological polar surface area (TPSA) is 77.8 Å². The first-order valence-corrected chi connectivity index (χ1v) is 11.7. The van der Waals surface area contributed by atoms with E-state index in [1.165, 1.54) is 6.26 Å². The highest BCUT2D eigenvalue weighted by Crippen LogP contribution is 2.27. The number of anilines is 1. The molecule has 0 saturated carbocycles. The Labute approximate surface area is 204 Å². The van der Waals surface area contributed by atoms with Crippen molar-refractivity contribution in [2.24, 2.45) is 0 Å². The zero-order valence-corrected chi connectivity index (χ0v) is 20.4. The highest BCUT2D eigenvalue weighted by Gasteiger charge is 2.14. The molecule has 3 aromatic carbocycles. The van der Waals surface area contributed by atoms with Crippen molar-refractivity contribution < 1.29 is 18.7 Å². The fraction of sp³-hybridized carbons (Fsp3) is 0.241. The number of hydrogen-bond acceptors (Lipinski definition) is 5. The van der Waals surface area contributed by atoms with Gasteiger partial charge in [0.05, 0.1) is 5.39 Å².